The zero-order valence-electron chi connectivity index (χ0n) is 12.5. The van der Waals surface area contributed by atoms with Gasteiger partial charge in [0.25, 0.3) is 0 Å². The highest BCUT2D eigenvalue weighted by Crippen LogP contribution is 2.13. The minimum Gasteiger partial charge on any atom is -0.329 e. The molecule has 1 heterocycles. The Hall–Kier alpha value is -0.120. The lowest BCUT2D eigenvalue weighted by Gasteiger charge is -2.29. The molecule has 1 rings (SSSR count). The molecule has 0 aliphatic carbocycles. The van der Waals surface area contributed by atoms with Crippen LogP contribution in [-0.4, -0.2) is 55.6 Å². The quantitative estimate of drug-likeness (QED) is 0.676. The molecule has 1 saturated heterocycles. The van der Waals surface area contributed by atoms with Crippen molar-refractivity contribution in [2.24, 2.45) is 5.73 Å². The molecule has 0 amide bonds. The maximum absolute atomic E-state index is 5.97. The van der Waals surface area contributed by atoms with E-state index in [1.165, 1.54) is 71.1 Å². The van der Waals surface area contributed by atoms with Gasteiger partial charge in [-0.3, -0.25) is 4.90 Å². The second-order valence-electron chi connectivity index (χ2n) is 5.79. The van der Waals surface area contributed by atoms with E-state index in [9.17, 15) is 0 Å². The molecule has 18 heavy (non-hydrogen) atoms. The smallest absolute Gasteiger partial charge is 0.0218 e. The van der Waals surface area contributed by atoms with Gasteiger partial charge in [0.1, 0.15) is 0 Å². The lowest BCUT2D eigenvalue weighted by atomic mass is 10.0. The first-order valence-corrected chi connectivity index (χ1v) is 7.90. The van der Waals surface area contributed by atoms with E-state index in [1.54, 1.807) is 0 Å². The van der Waals surface area contributed by atoms with Crippen LogP contribution in [0.2, 0.25) is 0 Å². The van der Waals surface area contributed by atoms with Crippen molar-refractivity contribution in [3.63, 3.8) is 0 Å². The molecular weight excluding hydrogens is 222 g/mol. The van der Waals surface area contributed by atoms with Gasteiger partial charge in [-0.05, 0) is 33.0 Å². The minimum absolute atomic E-state index is 0.623. The van der Waals surface area contributed by atoms with E-state index in [-0.39, 0.29) is 0 Å². The highest BCUT2D eigenvalue weighted by atomic mass is 15.2. The first kappa shape index (κ1) is 15.9. The molecule has 0 radical (unpaired) electrons. The molecule has 2 N–H and O–H groups in total. The number of nitrogens with zero attached hydrogens (tertiary/aromatic N) is 2. The molecule has 3 nitrogen and oxygen atoms in total. The van der Waals surface area contributed by atoms with Crippen molar-refractivity contribution in [3.8, 4) is 0 Å². The Bertz CT molecular complexity index is 196. The summed E-state index contributed by atoms with van der Waals surface area (Å²) >= 11 is 0. The number of rotatable bonds is 8. The fraction of sp³-hybridized carbons (Fsp3) is 1.00. The van der Waals surface area contributed by atoms with Crippen molar-refractivity contribution >= 4 is 0 Å². The summed E-state index contributed by atoms with van der Waals surface area (Å²) in [5.74, 6) is 0. The molecule has 3 heteroatoms. The van der Waals surface area contributed by atoms with Crippen LogP contribution in [0.15, 0.2) is 0 Å². The van der Waals surface area contributed by atoms with Crippen LogP contribution in [-0.2, 0) is 0 Å². The molecule has 1 aliphatic heterocycles. The lowest BCUT2D eigenvalue weighted by molar-refractivity contribution is 0.193. The van der Waals surface area contributed by atoms with Gasteiger partial charge in [-0.15, -0.1) is 0 Å². The van der Waals surface area contributed by atoms with Gasteiger partial charge in [0.05, 0.1) is 0 Å². The van der Waals surface area contributed by atoms with E-state index in [2.05, 4.69) is 23.8 Å². The van der Waals surface area contributed by atoms with Gasteiger partial charge >= 0.3 is 0 Å². The summed E-state index contributed by atoms with van der Waals surface area (Å²) < 4.78 is 0. The summed E-state index contributed by atoms with van der Waals surface area (Å²) in [6, 6.07) is 0.623. The topological polar surface area (TPSA) is 32.5 Å². The average molecular weight is 255 g/mol. The van der Waals surface area contributed by atoms with Gasteiger partial charge in [-0.2, -0.15) is 0 Å². The Labute approximate surface area is 114 Å². The SMILES string of the molecule is CCCCCCCC(CN)N1CCCN(C)CC1. The normalized spacial score (nSPS) is 20.8. The van der Waals surface area contributed by atoms with Crippen LogP contribution in [0.3, 0.4) is 0 Å². The van der Waals surface area contributed by atoms with Gasteiger partial charge in [-0.25, -0.2) is 0 Å². The Morgan fingerprint density at radius 1 is 1.00 bits per heavy atom. The van der Waals surface area contributed by atoms with Crippen molar-refractivity contribution in [3.05, 3.63) is 0 Å². The maximum atomic E-state index is 5.97. The van der Waals surface area contributed by atoms with Crippen molar-refractivity contribution < 1.29 is 0 Å². The van der Waals surface area contributed by atoms with Crippen LogP contribution in [0.5, 0.6) is 0 Å². The molecular formula is C15H33N3. The summed E-state index contributed by atoms with van der Waals surface area (Å²) in [6.45, 7) is 7.99. The van der Waals surface area contributed by atoms with Gasteiger partial charge < -0.3 is 10.6 Å². The molecule has 0 aromatic rings. The number of hydrogen-bond acceptors (Lipinski definition) is 3. The highest BCUT2D eigenvalue weighted by molar-refractivity contribution is 4.76. The molecule has 1 aliphatic rings. The Morgan fingerprint density at radius 2 is 1.78 bits per heavy atom. The molecule has 0 spiro atoms. The number of unbranched alkanes of at least 4 members (excludes halogenated alkanes) is 4. The van der Waals surface area contributed by atoms with Crippen molar-refractivity contribution in [2.45, 2.75) is 57.9 Å². The van der Waals surface area contributed by atoms with Crippen LogP contribution >= 0.6 is 0 Å². The van der Waals surface area contributed by atoms with Crippen LogP contribution < -0.4 is 5.73 Å². The Morgan fingerprint density at radius 3 is 2.50 bits per heavy atom. The van der Waals surface area contributed by atoms with Crippen LogP contribution in [0.1, 0.15) is 51.9 Å². The summed E-state index contributed by atoms with van der Waals surface area (Å²) in [7, 11) is 2.23. The summed E-state index contributed by atoms with van der Waals surface area (Å²) in [5, 5.41) is 0. The molecule has 0 bridgehead atoms. The Balaban J connectivity index is 2.22. The van der Waals surface area contributed by atoms with E-state index in [1.807, 2.05) is 0 Å². The van der Waals surface area contributed by atoms with Gasteiger partial charge in [-0.1, -0.05) is 39.0 Å². The molecule has 0 aromatic heterocycles. The minimum atomic E-state index is 0.623. The zero-order valence-corrected chi connectivity index (χ0v) is 12.5. The predicted octanol–water partition coefficient (Wildman–Crippen LogP) is 2.31. The van der Waals surface area contributed by atoms with E-state index in [0.717, 1.165) is 6.54 Å². The predicted molar refractivity (Wildman–Crippen MR) is 79.9 cm³/mol. The Kier molecular flexibility index (Phi) is 8.64. The first-order valence-electron chi connectivity index (χ1n) is 7.90. The van der Waals surface area contributed by atoms with Crippen molar-refractivity contribution in [1.82, 2.24) is 9.80 Å². The standard InChI is InChI=1S/C15H33N3/c1-3-4-5-6-7-9-15(14-16)18-11-8-10-17(2)12-13-18/h15H,3-14,16H2,1-2H3. The molecule has 1 unspecified atom stereocenters. The van der Waals surface area contributed by atoms with E-state index in [4.69, 9.17) is 5.73 Å². The number of hydrogen-bond donors (Lipinski definition) is 1. The molecule has 0 aromatic carbocycles. The number of nitrogens with two attached hydrogens (primary N) is 1. The number of likely N-dealkylation sites (N-methyl/N-ethyl adjacent to an activating group) is 1. The fourth-order valence-electron chi connectivity index (χ4n) is 2.86. The summed E-state index contributed by atoms with van der Waals surface area (Å²) in [4.78, 5) is 5.07. The maximum Gasteiger partial charge on any atom is 0.0218 e. The summed E-state index contributed by atoms with van der Waals surface area (Å²) in [6.07, 6.45) is 9.45. The lowest BCUT2D eigenvalue weighted by Crippen LogP contribution is -2.42. The van der Waals surface area contributed by atoms with E-state index < -0.39 is 0 Å². The van der Waals surface area contributed by atoms with Crippen molar-refractivity contribution in [2.75, 3.05) is 39.8 Å². The second-order valence-corrected chi connectivity index (χ2v) is 5.79. The van der Waals surface area contributed by atoms with E-state index >= 15 is 0 Å². The van der Waals surface area contributed by atoms with Crippen LogP contribution in [0.4, 0.5) is 0 Å². The van der Waals surface area contributed by atoms with Gasteiger partial charge in [0.2, 0.25) is 0 Å². The molecule has 1 fully saturated rings. The highest BCUT2D eigenvalue weighted by Gasteiger charge is 2.19. The monoisotopic (exact) mass is 255 g/mol. The average Bonchev–Trinajstić information content (AvgIpc) is 2.59. The molecule has 1 atom stereocenters. The van der Waals surface area contributed by atoms with Crippen LogP contribution in [0, 0.1) is 0 Å². The molecule has 108 valence electrons. The van der Waals surface area contributed by atoms with Crippen LogP contribution in [0.25, 0.3) is 0 Å². The van der Waals surface area contributed by atoms with E-state index in [0.29, 0.717) is 6.04 Å². The largest absolute Gasteiger partial charge is 0.329 e. The first-order chi connectivity index (χ1) is 8.77. The van der Waals surface area contributed by atoms with Gasteiger partial charge in [0.15, 0.2) is 0 Å². The fourth-order valence-corrected chi connectivity index (χ4v) is 2.86. The summed E-state index contributed by atoms with van der Waals surface area (Å²) in [5.41, 5.74) is 5.97. The molecule has 0 saturated carbocycles. The zero-order chi connectivity index (χ0) is 13.2. The third-order valence-corrected chi connectivity index (χ3v) is 4.18. The van der Waals surface area contributed by atoms with Gasteiger partial charge in [0, 0.05) is 25.7 Å². The second kappa shape index (κ2) is 9.76. The third kappa shape index (κ3) is 6.17. The third-order valence-electron chi connectivity index (χ3n) is 4.18. The van der Waals surface area contributed by atoms with Crippen molar-refractivity contribution in [1.29, 1.82) is 0 Å².